The van der Waals surface area contributed by atoms with Gasteiger partial charge in [0.05, 0.1) is 0 Å². The quantitative estimate of drug-likeness (QED) is 0.720. The van der Waals surface area contributed by atoms with E-state index in [1.54, 1.807) is 0 Å². The predicted molar refractivity (Wildman–Crippen MR) is 48.8 cm³/mol. The first-order valence-corrected chi connectivity index (χ1v) is 4.07. The zero-order chi connectivity index (χ0) is 10.9. The summed E-state index contributed by atoms with van der Waals surface area (Å²) in [7, 11) is 0. The van der Waals surface area contributed by atoms with E-state index >= 15 is 0 Å². The van der Waals surface area contributed by atoms with E-state index in [2.05, 4.69) is 0 Å². The molecular weight excluding hydrogens is 217 g/mol. The van der Waals surface area contributed by atoms with Gasteiger partial charge in [-0.05, 0) is 12.1 Å². The minimum absolute atomic E-state index is 0.0534. The molecule has 1 atom stereocenters. The number of hydrogen-bond donors (Lipinski definition) is 2. The van der Waals surface area contributed by atoms with Crippen LogP contribution < -0.4 is 11.5 Å². The van der Waals surface area contributed by atoms with Crippen molar-refractivity contribution in [2.75, 3.05) is 5.73 Å². The molecule has 2 nitrogen and oxygen atoms in total. The fourth-order valence-corrected chi connectivity index (χ4v) is 1.19. The maximum Gasteiger partial charge on any atom is 0.407 e. The number of hydrogen-bond acceptors (Lipinski definition) is 2. The molecule has 0 bridgehead atoms. The highest BCUT2D eigenvalue weighted by atomic mass is 35.5. The van der Waals surface area contributed by atoms with E-state index in [1.807, 2.05) is 0 Å². The van der Waals surface area contributed by atoms with E-state index in [0.29, 0.717) is 0 Å². The molecule has 0 aliphatic heterocycles. The molecule has 14 heavy (non-hydrogen) atoms. The first-order valence-electron chi connectivity index (χ1n) is 3.69. The topological polar surface area (TPSA) is 52.0 Å². The summed E-state index contributed by atoms with van der Waals surface area (Å²) in [5.41, 5.74) is 10.1. The van der Waals surface area contributed by atoms with E-state index in [0.717, 1.165) is 0 Å². The molecular formula is C8H8ClF3N2. The molecule has 0 saturated heterocycles. The molecule has 0 amide bonds. The fourth-order valence-electron chi connectivity index (χ4n) is 1.01. The van der Waals surface area contributed by atoms with Gasteiger partial charge in [0, 0.05) is 16.3 Å². The largest absolute Gasteiger partial charge is 0.407 e. The lowest BCUT2D eigenvalue weighted by molar-refractivity contribution is -0.149. The van der Waals surface area contributed by atoms with Gasteiger partial charge >= 0.3 is 6.18 Å². The third kappa shape index (κ3) is 2.30. The van der Waals surface area contributed by atoms with Gasteiger partial charge in [0.25, 0.3) is 0 Å². The second-order valence-corrected chi connectivity index (χ2v) is 3.23. The summed E-state index contributed by atoms with van der Waals surface area (Å²) in [6, 6.07) is 1.66. The standard InChI is InChI=1S/C8H8ClF3N2/c9-4-1-2-5(6(13)3-4)7(14)8(10,11)12/h1-3,7H,13-14H2. The third-order valence-electron chi connectivity index (χ3n) is 1.74. The Labute approximate surface area is 83.6 Å². The number of nitrogen functional groups attached to an aromatic ring is 1. The highest BCUT2D eigenvalue weighted by Gasteiger charge is 2.38. The van der Waals surface area contributed by atoms with Crippen LogP contribution in [0.5, 0.6) is 0 Å². The molecule has 0 heterocycles. The summed E-state index contributed by atoms with van der Waals surface area (Å²) < 4.78 is 36.6. The number of alkyl halides is 3. The molecule has 1 unspecified atom stereocenters. The molecule has 1 rings (SSSR count). The Morgan fingerprint density at radius 3 is 2.29 bits per heavy atom. The van der Waals surface area contributed by atoms with Crippen LogP contribution in [-0.4, -0.2) is 6.18 Å². The Morgan fingerprint density at radius 2 is 1.86 bits per heavy atom. The smallest absolute Gasteiger partial charge is 0.398 e. The summed E-state index contributed by atoms with van der Waals surface area (Å²) in [5, 5.41) is 0.278. The summed E-state index contributed by atoms with van der Waals surface area (Å²) in [4.78, 5) is 0. The van der Waals surface area contributed by atoms with Gasteiger partial charge in [-0.1, -0.05) is 17.7 Å². The van der Waals surface area contributed by atoms with Crippen LogP contribution in [0.1, 0.15) is 11.6 Å². The van der Waals surface area contributed by atoms with Crippen molar-refractivity contribution in [1.29, 1.82) is 0 Å². The summed E-state index contributed by atoms with van der Waals surface area (Å²) >= 11 is 5.53. The Balaban J connectivity index is 3.08. The average Bonchev–Trinajstić information content (AvgIpc) is 2.01. The van der Waals surface area contributed by atoms with E-state index in [4.69, 9.17) is 23.1 Å². The van der Waals surface area contributed by atoms with Crippen LogP contribution in [0.2, 0.25) is 5.02 Å². The van der Waals surface area contributed by atoms with Crippen LogP contribution >= 0.6 is 11.6 Å². The van der Waals surface area contributed by atoms with Crippen molar-refractivity contribution in [2.24, 2.45) is 5.73 Å². The fraction of sp³-hybridized carbons (Fsp3) is 0.250. The van der Waals surface area contributed by atoms with Crippen LogP contribution in [0.15, 0.2) is 18.2 Å². The van der Waals surface area contributed by atoms with E-state index in [9.17, 15) is 13.2 Å². The molecule has 0 aliphatic carbocycles. The second kappa shape index (κ2) is 3.67. The zero-order valence-corrected chi connectivity index (χ0v) is 7.73. The minimum atomic E-state index is -4.50. The summed E-state index contributed by atoms with van der Waals surface area (Å²) in [5.74, 6) is 0. The van der Waals surface area contributed by atoms with Gasteiger partial charge in [-0.2, -0.15) is 13.2 Å². The maximum atomic E-state index is 12.2. The van der Waals surface area contributed by atoms with Crippen LogP contribution in [-0.2, 0) is 0 Å². The first-order chi connectivity index (χ1) is 6.32. The molecule has 1 aromatic carbocycles. The molecule has 0 radical (unpaired) electrons. The highest BCUT2D eigenvalue weighted by molar-refractivity contribution is 6.30. The summed E-state index contributed by atoms with van der Waals surface area (Å²) in [6.45, 7) is 0. The van der Waals surface area contributed by atoms with Gasteiger partial charge in [0.1, 0.15) is 6.04 Å². The lowest BCUT2D eigenvalue weighted by atomic mass is 10.1. The molecule has 0 fully saturated rings. The molecule has 0 spiro atoms. The highest BCUT2D eigenvalue weighted by Crippen LogP contribution is 2.34. The Kier molecular flexibility index (Phi) is 2.92. The molecule has 78 valence electrons. The second-order valence-electron chi connectivity index (χ2n) is 2.79. The van der Waals surface area contributed by atoms with E-state index < -0.39 is 12.2 Å². The third-order valence-corrected chi connectivity index (χ3v) is 1.97. The molecule has 0 aromatic heterocycles. The van der Waals surface area contributed by atoms with Crippen molar-refractivity contribution < 1.29 is 13.2 Å². The monoisotopic (exact) mass is 224 g/mol. The molecule has 0 saturated carbocycles. The van der Waals surface area contributed by atoms with Crippen molar-refractivity contribution in [3.8, 4) is 0 Å². The van der Waals surface area contributed by atoms with Gasteiger partial charge in [0.15, 0.2) is 0 Å². The number of benzene rings is 1. The Morgan fingerprint density at radius 1 is 1.29 bits per heavy atom. The van der Waals surface area contributed by atoms with Gasteiger partial charge in [-0.3, -0.25) is 0 Å². The van der Waals surface area contributed by atoms with Gasteiger partial charge in [-0.25, -0.2) is 0 Å². The van der Waals surface area contributed by atoms with Gasteiger partial charge in [-0.15, -0.1) is 0 Å². The number of nitrogens with two attached hydrogens (primary N) is 2. The van der Waals surface area contributed by atoms with Crippen LogP contribution in [0.3, 0.4) is 0 Å². The number of anilines is 1. The normalized spacial score (nSPS) is 14.1. The predicted octanol–water partition coefficient (Wildman–Crippen LogP) is 2.48. The van der Waals surface area contributed by atoms with Crippen molar-refractivity contribution in [2.45, 2.75) is 12.2 Å². The van der Waals surface area contributed by atoms with Gasteiger partial charge < -0.3 is 11.5 Å². The number of rotatable bonds is 1. The lowest BCUT2D eigenvalue weighted by Gasteiger charge is -2.17. The van der Waals surface area contributed by atoms with Gasteiger partial charge in [0.2, 0.25) is 0 Å². The van der Waals surface area contributed by atoms with E-state index in [1.165, 1.54) is 18.2 Å². The van der Waals surface area contributed by atoms with Crippen molar-refractivity contribution in [3.63, 3.8) is 0 Å². The van der Waals surface area contributed by atoms with E-state index in [-0.39, 0.29) is 16.3 Å². The Bertz CT molecular complexity index is 338. The lowest BCUT2D eigenvalue weighted by Crippen LogP contribution is -2.29. The zero-order valence-electron chi connectivity index (χ0n) is 6.98. The maximum absolute atomic E-state index is 12.2. The summed E-state index contributed by atoms with van der Waals surface area (Å²) in [6.07, 6.45) is -4.50. The molecule has 0 aliphatic rings. The van der Waals surface area contributed by atoms with Crippen LogP contribution in [0, 0.1) is 0 Å². The van der Waals surface area contributed by atoms with Crippen LogP contribution in [0.25, 0.3) is 0 Å². The molecule has 6 heteroatoms. The number of halogens is 4. The Hall–Kier alpha value is -0.940. The van der Waals surface area contributed by atoms with Crippen molar-refractivity contribution in [3.05, 3.63) is 28.8 Å². The molecule has 1 aromatic rings. The molecule has 4 N–H and O–H groups in total. The first kappa shape index (κ1) is 11.1. The van der Waals surface area contributed by atoms with Crippen molar-refractivity contribution >= 4 is 17.3 Å². The minimum Gasteiger partial charge on any atom is -0.398 e. The van der Waals surface area contributed by atoms with Crippen LogP contribution in [0.4, 0.5) is 18.9 Å². The van der Waals surface area contributed by atoms with Crippen molar-refractivity contribution in [1.82, 2.24) is 0 Å². The SMILES string of the molecule is Nc1cc(Cl)ccc1C(N)C(F)(F)F. The average molecular weight is 225 g/mol.